The summed E-state index contributed by atoms with van der Waals surface area (Å²) in [5.74, 6) is 0.307. The molecule has 21 heavy (non-hydrogen) atoms. The Morgan fingerprint density at radius 2 is 1.95 bits per heavy atom. The summed E-state index contributed by atoms with van der Waals surface area (Å²) in [5.41, 5.74) is 0.983. The zero-order chi connectivity index (χ0) is 13.8. The fourth-order valence-electron chi connectivity index (χ4n) is 2.39. The largest absolute Gasteiger partial charge is 0.490 e. The minimum Gasteiger partial charge on any atom is -0.490 e. The summed E-state index contributed by atoms with van der Waals surface area (Å²) in [5, 5.41) is 14.3. The van der Waals surface area contributed by atoms with Crippen molar-refractivity contribution in [2.75, 3.05) is 33.3 Å². The maximum Gasteiger partial charge on any atom is 0.311 e. The summed E-state index contributed by atoms with van der Waals surface area (Å²) in [4.78, 5) is 13.0. The average molecular weight is 338 g/mol. The Morgan fingerprint density at radius 3 is 2.48 bits per heavy atom. The van der Waals surface area contributed by atoms with Gasteiger partial charge in [-0.2, -0.15) is 0 Å². The third-order valence-corrected chi connectivity index (χ3v) is 3.58. The number of methoxy groups -OCH3 is 1. The summed E-state index contributed by atoms with van der Waals surface area (Å²) >= 11 is 0. The summed E-state index contributed by atoms with van der Waals surface area (Å²) in [6, 6.07) is 5.36. The molecule has 1 aromatic rings. The average Bonchev–Trinajstić information content (AvgIpc) is 2.46. The van der Waals surface area contributed by atoms with Crippen LogP contribution in [0.1, 0.15) is 18.5 Å². The van der Waals surface area contributed by atoms with Crippen LogP contribution in [0.2, 0.25) is 0 Å². The number of nitrogens with one attached hydrogen (secondary N) is 1. The second-order valence-corrected chi connectivity index (χ2v) is 4.65. The van der Waals surface area contributed by atoms with Gasteiger partial charge < -0.3 is 10.1 Å². The Morgan fingerprint density at radius 1 is 1.33 bits per heavy atom. The van der Waals surface area contributed by atoms with Gasteiger partial charge in [-0.15, -0.1) is 24.8 Å². The predicted molar refractivity (Wildman–Crippen MR) is 87.0 cm³/mol. The van der Waals surface area contributed by atoms with Gasteiger partial charge >= 0.3 is 5.69 Å². The molecule has 6 nitrogen and oxygen atoms in total. The van der Waals surface area contributed by atoms with E-state index in [9.17, 15) is 10.1 Å². The van der Waals surface area contributed by atoms with E-state index >= 15 is 0 Å². The van der Waals surface area contributed by atoms with Gasteiger partial charge in [-0.1, -0.05) is 6.07 Å². The van der Waals surface area contributed by atoms with Crippen LogP contribution in [-0.4, -0.2) is 43.1 Å². The van der Waals surface area contributed by atoms with E-state index in [1.54, 1.807) is 12.1 Å². The minimum atomic E-state index is -0.396. The molecule has 1 fully saturated rings. The SMILES string of the molecule is COc1ccc([C@@H](C)N2CCNCC2)cc1[N+](=O)[O-].Cl.Cl. The van der Waals surface area contributed by atoms with E-state index in [0.717, 1.165) is 31.7 Å². The molecule has 0 unspecified atom stereocenters. The highest BCUT2D eigenvalue weighted by Gasteiger charge is 2.22. The summed E-state index contributed by atoms with van der Waals surface area (Å²) < 4.78 is 5.02. The van der Waals surface area contributed by atoms with Crippen LogP contribution in [-0.2, 0) is 0 Å². The van der Waals surface area contributed by atoms with Crippen molar-refractivity contribution in [3.8, 4) is 5.75 Å². The van der Waals surface area contributed by atoms with Gasteiger partial charge in [-0.3, -0.25) is 15.0 Å². The topological polar surface area (TPSA) is 67.6 Å². The van der Waals surface area contributed by atoms with E-state index in [-0.39, 0.29) is 36.5 Å². The molecule has 0 spiro atoms. The van der Waals surface area contributed by atoms with E-state index in [4.69, 9.17) is 4.74 Å². The molecule has 0 bridgehead atoms. The fourth-order valence-corrected chi connectivity index (χ4v) is 2.39. The molecule has 2 rings (SSSR count). The third-order valence-electron chi connectivity index (χ3n) is 3.58. The van der Waals surface area contributed by atoms with Crippen LogP contribution in [0.4, 0.5) is 5.69 Å². The van der Waals surface area contributed by atoms with E-state index in [2.05, 4.69) is 17.1 Å². The molecule has 1 saturated heterocycles. The Kier molecular flexibility index (Phi) is 8.58. The van der Waals surface area contributed by atoms with Gasteiger partial charge in [0.25, 0.3) is 0 Å². The minimum absolute atomic E-state index is 0. The fraction of sp³-hybridized carbons (Fsp3) is 0.538. The lowest BCUT2D eigenvalue weighted by Gasteiger charge is -2.33. The van der Waals surface area contributed by atoms with Crippen LogP contribution < -0.4 is 10.1 Å². The molecule has 1 N–H and O–H groups in total. The van der Waals surface area contributed by atoms with Crippen molar-refractivity contribution in [3.63, 3.8) is 0 Å². The molecule has 0 radical (unpaired) electrons. The normalized spacial score (nSPS) is 16.3. The predicted octanol–water partition coefficient (Wildman–Crippen LogP) is 2.41. The summed E-state index contributed by atoms with van der Waals surface area (Å²) in [7, 11) is 1.45. The first-order valence-electron chi connectivity index (χ1n) is 6.40. The molecule has 1 aliphatic rings. The second kappa shape index (κ2) is 9.04. The Balaban J connectivity index is 0.00000200. The lowest BCUT2D eigenvalue weighted by atomic mass is 10.0. The molecule has 0 amide bonds. The van der Waals surface area contributed by atoms with E-state index < -0.39 is 4.92 Å². The van der Waals surface area contributed by atoms with Crippen molar-refractivity contribution in [2.45, 2.75) is 13.0 Å². The van der Waals surface area contributed by atoms with Gasteiger partial charge in [-0.25, -0.2) is 0 Å². The van der Waals surface area contributed by atoms with E-state index in [1.807, 2.05) is 6.07 Å². The Labute approximate surface area is 136 Å². The Hall–Kier alpha value is -1.08. The number of benzene rings is 1. The first-order chi connectivity index (χ1) is 9.13. The second-order valence-electron chi connectivity index (χ2n) is 4.65. The van der Waals surface area contributed by atoms with Crippen molar-refractivity contribution in [1.82, 2.24) is 10.2 Å². The van der Waals surface area contributed by atoms with Crippen LogP contribution in [0.3, 0.4) is 0 Å². The van der Waals surface area contributed by atoms with Crippen molar-refractivity contribution in [3.05, 3.63) is 33.9 Å². The first-order valence-corrected chi connectivity index (χ1v) is 6.40. The number of piperazine rings is 1. The lowest BCUT2D eigenvalue weighted by molar-refractivity contribution is -0.385. The maximum atomic E-state index is 11.0. The lowest BCUT2D eigenvalue weighted by Crippen LogP contribution is -2.44. The number of ether oxygens (including phenoxy) is 1. The van der Waals surface area contributed by atoms with Crippen LogP contribution in [0.25, 0.3) is 0 Å². The highest BCUT2D eigenvalue weighted by atomic mass is 35.5. The number of nitro groups is 1. The number of rotatable bonds is 4. The molecule has 1 heterocycles. The van der Waals surface area contributed by atoms with Crippen LogP contribution in [0, 0.1) is 10.1 Å². The quantitative estimate of drug-likeness (QED) is 0.675. The van der Waals surface area contributed by atoms with Crippen LogP contribution >= 0.6 is 24.8 Å². The zero-order valence-corrected chi connectivity index (χ0v) is 13.7. The zero-order valence-electron chi connectivity index (χ0n) is 12.1. The maximum absolute atomic E-state index is 11.0. The summed E-state index contributed by atoms with van der Waals surface area (Å²) in [6.07, 6.45) is 0. The van der Waals surface area contributed by atoms with E-state index in [1.165, 1.54) is 7.11 Å². The molecule has 1 aromatic carbocycles. The van der Waals surface area contributed by atoms with Gasteiger partial charge in [0.1, 0.15) is 0 Å². The molecule has 120 valence electrons. The molecule has 1 aliphatic heterocycles. The van der Waals surface area contributed by atoms with Crippen molar-refractivity contribution in [1.29, 1.82) is 0 Å². The third kappa shape index (κ3) is 4.71. The van der Waals surface area contributed by atoms with Crippen molar-refractivity contribution >= 4 is 30.5 Å². The molecule has 0 aliphatic carbocycles. The van der Waals surface area contributed by atoms with Gasteiger partial charge in [0.15, 0.2) is 5.75 Å². The molecular weight excluding hydrogens is 317 g/mol. The summed E-state index contributed by atoms with van der Waals surface area (Å²) in [6.45, 7) is 5.92. The van der Waals surface area contributed by atoms with Gasteiger partial charge in [-0.05, 0) is 18.6 Å². The Bertz CT molecular complexity index is 468. The molecule has 0 aromatic heterocycles. The standard InChI is InChI=1S/C13H19N3O3.2ClH/c1-10(15-7-5-14-6-8-15)11-3-4-13(19-2)12(9-11)16(17)18;;/h3-4,9-10,14H,5-8H2,1-2H3;2*1H/t10-;;/m1../s1. The number of hydrogen-bond acceptors (Lipinski definition) is 5. The molecular formula is C13H21Cl2N3O3. The number of nitro benzene ring substituents is 1. The first kappa shape index (κ1) is 19.9. The van der Waals surface area contributed by atoms with Crippen molar-refractivity contribution < 1.29 is 9.66 Å². The van der Waals surface area contributed by atoms with Crippen LogP contribution in [0.15, 0.2) is 18.2 Å². The molecule has 1 atom stereocenters. The number of halogens is 2. The number of hydrogen-bond donors (Lipinski definition) is 1. The smallest absolute Gasteiger partial charge is 0.311 e. The number of nitrogens with zero attached hydrogens (tertiary/aromatic N) is 2. The van der Waals surface area contributed by atoms with Gasteiger partial charge in [0.05, 0.1) is 12.0 Å². The molecule has 8 heteroatoms. The van der Waals surface area contributed by atoms with Gasteiger partial charge in [0, 0.05) is 38.3 Å². The highest BCUT2D eigenvalue weighted by molar-refractivity contribution is 5.85. The van der Waals surface area contributed by atoms with Gasteiger partial charge in [0.2, 0.25) is 0 Å². The highest BCUT2D eigenvalue weighted by Crippen LogP contribution is 2.31. The van der Waals surface area contributed by atoms with E-state index in [0.29, 0.717) is 5.75 Å². The van der Waals surface area contributed by atoms with Crippen LogP contribution in [0.5, 0.6) is 5.75 Å². The monoisotopic (exact) mass is 337 g/mol. The van der Waals surface area contributed by atoms with Crippen molar-refractivity contribution in [2.24, 2.45) is 0 Å². The molecule has 0 saturated carbocycles.